The first-order valence-corrected chi connectivity index (χ1v) is 31.4. The van der Waals surface area contributed by atoms with E-state index in [2.05, 4.69) is 148 Å². The monoisotopic (exact) mass is 1080 g/mol. The molecule has 0 bridgehead atoms. The van der Waals surface area contributed by atoms with Crippen molar-refractivity contribution in [2.45, 2.75) is 225 Å². The second kappa shape index (κ2) is 55.9. The van der Waals surface area contributed by atoms with Gasteiger partial charge in [-0.15, -0.1) is 0 Å². The van der Waals surface area contributed by atoms with Gasteiger partial charge in [0.15, 0.2) is 6.10 Å². The SMILES string of the molecule is CC/C=C\C/C=C\C/C=C\C/C=C\C/C=C\C/C=C\CCCCCCCCCCCCCCCCCCC(=O)OC(COC(=O)CCC/C=C\C/C=C\C/C=C\C/C=C\C/C=C\CC)COP(=O)(O)OCC[N+](C)(C)C. The lowest BCUT2D eigenvalue weighted by Crippen LogP contribution is -2.37. The van der Waals surface area contributed by atoms with Gasteiger partial charge in [-0.3, -0.25) is 18.6 Å². The molecule has 0 radical (unpaired) electrons. The number of quaternary nitrogens is 1. The zero-order valence-corrected chi connectivity index (χ0v) is 49.8. The highest BCUT2D eigenvalue weighted by Gasteiger charge is 2.27. The number of hydrogen-bond donors (Lipinski definition) is 1. The Bertz CT molecular complexity index is 1740. The predicted molar refractivity (Wildman–Crippen MR) is 325 cm³/mol. The van der Waals surface area contributed by atoms with Gasteiger partial charge >= 0.3 is 19.8 Å². The van der Waals surface area contributed by atoms with Crippen LogP contribution in [0, 0.1) is 0 Å². The van der Waals surface area contributed by atoms with Crippen molar-refractivity contribution in [3.8, 4) is 0 Å². The van der Waals surface area contributed by atoms with Crippen LogP contribution in [-0.4, -0.2) is 74.9 Å². The van der Waals surface area contributed by atoms with E-state index in [0.29, 0.717) is 23.9 Å². The molecule has 10 heteroatoms. The van der Waals surface area contributed by atoms with Crippen LogP contribution >= 0.6 is 7.82 Å². The van der Waals surface area contributed by atoms with E-state index in [-0.39, 0.29) is 26.1 Å². The number of ether oxygens (including phenoxy) is 2. The van der Waals surface area contributed by atoms with Gasteiger partial charge in [0.05, 0.1) is 27.7 Å². The van der Waals surface area contributed by atoms with Crippen LogP contribution in [-0.2, 0) is 32.7 Å². The van der Waals surface area contributed by atoms with Crippen molar-refractivity contribution < 1.29 is 42.1 Å². The van der Waals surface area contributed by atoms with E-state index in [0.717, 1.165) is 96.3 Å². The van der Waals surface area contributed by atoms with E-state index < -0.39 is 32.5 Å². The highest BCUT2D eigenvalue weighted by molar-refractivity contribution is 7.47. The largest absolute Gasteiger partial charge is 0.472 e. The first kappa shape index (κ1) is 72.2. The molecule has 2 atom stereocenters. The number of carbonyl (C=O) groups is 2. The number of phosphoric ester groups is 1. The Morgan fingerprint density at radius 3 is 1.09 bits per heavy atom. The molecule has 0 aliphatic rings. The fourth-order valence-corrected chi connectivity index (χ4v) is 8.38. The Morgan fingerprint density at radius 1 is 0.408 bits per heavy atom. The van der Waals surface area contributed by atoms with E-state index >= 15 is 0 Å². The van der Waals surface area contributed by atoms with Crippen molar-refractivity contribution in [1.82, 2.24) is 0 Å². The van der Waals surface area contributed by atoms with E-state index in [1.165, 1.54) is 83.5 Å². The van der Waals surface area contributed by atoms with Crippen LogP contribution in [0.4, 0.5) is 0 Å². The maximum Gasteiger partial charge on any atom is 0.472 e. The molecule has 0 aliphatic carbocycles. The molecule has 0 aromatic carbocycles. The van der Waals surface area contributed by atoms with Gasteiger partial charge in [0, 0.05) is 12.8 Å². The summed E-state index contributed by atoms with van der Waals surface area (Å²) in [6.45, 7) is 4.13. The van der Waals surface area contributed by atoms with Crippen LogP contribution in [0.25, 0.3) is 0 Å². The van der Waals surface area contributed by atoms with Crippen LogP contribution in [0.15, 0.2) is 134 Å². The zero-order valence-electron chi connectivity index (χ0n) is 48.9. The molecule has 432 valence electrons. The Kier molecular flexibility index (Phi) is 53.1. The highest BCUT2D eigenvalue weighted by atomic mass is 31.2. The Morgan fingerprint density at radius 2 is 0.724 bits per heavy atom. The van der Waals surface area contributed by atoms with Crippen LogP contribution in [0.5, 0.6) is 0 Å². The number of rotatable bonds is 53. The first-order valence-electron chi connectivity index (χ1n) is 29.9. The number of unbranched alkanes of at least 4 members (excludes halogenated alkanes) is 17. The summed E-state index contributed by atoms with van der Waals surface area (Å²) in [5.74, 6) is -0.872. The standard InChI is InChI=1S/C66H110NO8P/c1-6-8-10-12-14-16-18-20-22-24-25-26-27-28-29-30-31-32-33-34-35-36-37-38-39-40-41-43-45-47-49-51-53-55-57-59-66(69)75-64(63-74-76(70,71)73-61-60-67(3,4)5)62-72-65(68)58-56-54-52-50-48-46-44-42-23-21-19-17-15-13-11-9-7-2/h8-11,14-17,20-23,25-26,28-29,31-32,44,46,50,52,64H,6-7,12-13,18-19,24,27,30,33-43,45,47-49,51,53-63H2,1-5H3/p+1/b10-8-,11-9-,16-14-,17-15-,22-20-,23-21-,26-25-,29-28-,32-31-,46-44-,52-50-. The molecule has 1 N–H and O–H groups in total. The van der Waals surface area contributed by atoms with Gasteiger partial charge in [0.1, 0.15) is 19.8 Å². The van der Waals surface area contributed by atoms with Gasteiger partial charge in [0.2, 0.25) is 0 Å². The number of esters is 2. The molecule has 0 aliphatic heterocycles. The second-order valence-corrected chi connectivity index (χ2v) is 22.1. The normalized spacial score (nSPS) is 14.2. The molecule has 76 heavy (non-hydrogen) atoms. The number of carbonyl (C=O) groups excluding carboxylic acids is 2. The molecule has 0 rings (SSSR count). The van der Waals surface area contributed by atoms with Crippen molar-refractivity contribution in [3.63, 3.8) is 0 Å². The van der Waals surface area contributed by atoms with Gasteiger partial charge < -0.3 is 18.9 Å². The summed E-state index contributed by atoms with van der Waals surface area (Å²) in [7, 11) is 1.43. The number of hydrogen-bond acceptors (Lipinski definition) is 7. The average Bonchev–Trinajstić information content (AvgIpc) is 3.38. The molecular formula is C66H111NO8P+. The lowest BCUT2D eigenvalue weighted by Gasteiger charge is -2.24. The van der Waals surface area contributed by atoms with E-state index in [9.17, 15) is 19.0 Å². The number of nitrogens with zero attached hydrogens (tertiary/aromatic N) is 1. The molecular weight excluding hydrogens is 966 g/mol. The minimum absolute atomic E-state index is 0.0169. The Balaban J connectivity index is 4.12. The van der Waals surface area contributed by atoms with Crippen molar-refractivity contribution >= 4 is 19.8 Å². The molecule has 0 spiro atoms. The summed E-state index contributed by atoms with van der Waals surface area (Å²) in [4.78, 5) is 35.6. The molecule has 0 aromatic heterocycles. The molecule has 0 amide bonds. The smallest absolute Gasteiger partial charge is 0.462 e. The number of allylic oxidation sites excluding steroid dienone is 22. The van der Waals surface area contributed by atoms with E-state index in [4.69, 9.17) is 18.5 Å². The molecule has 2 unspecified atom stereocenters. The van der Waals surface area contributed by atoms with Crippen LogP contribution in [0.3, 0.4) is 0 Å². The summed E-state index contributed by atoms with van der Waals surface area (Å²) in [5.41, 5.74) is 0. The second-order valence-electron chi connectivity index (χ2n) is 20.6. The third kappa shape index (κ3) is 59.4. The van der Waals surface area contributed by atoms with Crippen LogP contribution in [0.2, 0.25) is 0 Å². The van der Waals surface area contributed by atoms with Crippen LogP contribution < -0.4 is 0 Å². The number of likely N-dealkylation sites (N-methyl/N-ethyl adjacent to an activating group) is 1. The quantitative estimate of drug-likeness (QED) is 0.0211. The molecule has 9 nitrogen and oxygen atoms in total. The van der Waals surface area contributed by atoms with Gasteiger partial charge in [-0.05, 0) is 103 Å². The van der Waals surface area contributed by atoms with Crippen molar-refractivity contribution in [2.75, 3.05) is 47.5 Å². The fraction of sp³-hybridized carbons (Fsp3) is 0.636. The van der Waals surface area contributed by atoms with Gasteiger partial charge in [-0.25, -0.2) is 4.57 Å². The molecule has 0 fully saturated rings. The maximum absolute atomic E-state index is 12.8. The lowest BCUT2D eigenvalue weighted by atomic mass is 10.0. The highest BCUT2D eigenvalue weighted by Crippen LogP contribution is 2.43. The van der Waals surface area contributed by atoms with E-state index in [1.807, 2.05) is 21.1 Å². The zero-order chi connectivity index (χ0) is 55.6. The predicted octanol–water partition coefficient (Wildman–Crippen LogP) is 18.9. The van der Waals surface area contributed by atoms with Gasteiger partial charge in [-0.1, -0.05) is 237 Å². The fourth-order valence-electron chi connectivity index (χ4n) is 7.64. The molecule has 0 saturated heterocycles. The summed E-state index contributed by atoms with van der Waals surface area (Å²) in [6, 6.07) is 0. The summed E-state index contributed by atoms with van der Waals surface area (Å²) in [5, 5.41) is 0. The average molecular weight is 1080 g/mol. The van der Waals surface area contributed by atoms with Crippen molar-refractivity contribution in [2.24, 2.45) is 0 Å². The van der Waals surface area contributed by atoms with Crippen molar-refractivity contribution in [1.29, 1.82) is 0 Å². The summed E-state index contributed by atoms with van der Waals surface area (Å²) in [6.07, 6.45) is 81.2. The van der Waals surface area contributed by atoms with Crippen molar-refractivity contribution in [3.05, 3.63) is 134 Å². The van der Waals surface area contributed by atoms with Gasteiger partial charge in [-0.2, -0.15) is 0 Å². The summed E-state index contributed by atoms with van der Waals surface area (Å²) >= 11 is 0. The number of phosphoric acid groups is 1. The third-order valence-electron chi connectivity index (χ3n) is 12.2. The molecule has 0 saturated carbocycles. The van der Waals surface area contributed by atoms with Crippen LogP contribution in [0.1, 0.15) is 219 Å². The first-order chi connectivity index (χ1) is 37.0. The molecule has 0 heterocycles. The summed E-state index contributed by atoms with van der Waals surface area (Å²) < 4.78 is 34.5. The van der Waals surface area contributed by atoms with E-state index in [1.54, 1.807) is 0 Å². The lowest BCUT2D eigenvalue weighted by molar-refractivity contribution is -0.870. The topological polar surface area (TPSA) is 108 Å². The third-order valence-corrected chi connectivity index (χ3v) is 13.2. The minimum Gasteiger partial charge on any atom is -0.462 e. The van der Waals surface area contributed by atoms with Gasteiger partial charge in [0.25, 0.3) is 0 Å². The Labute approximate surface area is 466 Å². The maximum atomic E-state index is 12.8. The Hall–Kier alpha value is -3.85. The minimum atomic E-state index is -4.41. The molecule has 0 aromatic rings.